The van der Waals surface area contributed by atoms with Crippen LogP contribution in [0.4, 0.5) is 5.69 Å². The van der Waals surface area contributed by atoms with Crippen molar-refractivity contribution in [2.45, 2.75) is 64.3 Å². The lowest BCUT2D eigenvalue weighted by Gasteiger charge is -2.28. The molecule has 1 aliphatic carbocycles. The summed E-state index contributed by atoms with van der Waals surface area (Å²) in [5.41, 5.74) is 8.17. The number of hydrogen-bond acceptors (Lipinski definition) is 4. The summed E-state index contributed by atoms with van der Waals surface area (Å²) >= 11 is 0. The van der Waals surface area contributed by atoms with Gasteiger partial charge in [-0.05, 0) is 74.4 Å². The fourth-order valence-corrected chi connectivity index (χ4v) is 7.02. The van der Waals surface area contributed by atoms with Gasteiger partial charge in [0.05, 0.1) is 17.9 Å². The lowest BCUT2D eigenvalue weighted by Crippen LogP contribution is -2.32. The predicted molar refractivity (Wildman–Crippen MR) is 154 cm³/mol. The molecule has 6 heteroatoms. The summed E-state index contributed by atoms with van der Waals surface area (Å²) in [6, 6.07) is 12.7. The highest BCUT2D eigenvalue weighted by Gasteiger charge is 2.30. The summed E-state index contributed by atoms with van der Waals surface area (Å²) in [5, 5.41) is 11.0. The van der Waals surface area contributed by atoms with Crippen LogP contribution in [-0.2, 0) is 11.3 Å². The standard InChI is InChI=1S/C32H41N3O3/c1-23-9-11-27-28(21-23)34(15-5-13-33-14-6-19-38-20-18-33)16-17-35-29-22-25(32(36)37)10-12-26(29)30(31(27)35)24-7-3-2-4-8-24/h9-12,21-22,24H,2-8,13-20H2,1H3,(H,36,37). The van der Waals surface area contributed by atoms with E-state index in [2.05, 4.69) is 45.6 Å². The maximum absolute atomic E-state index is 11.9. The van der Waals surface area contributed by atoms with Crippen molar-refractivity contribution < 1.29 is 14.6 Å². The molecular formula is C32H41N3O3. The number of fused-ring (bicyclic) bond motifs is 5. The molecule has 2 aromatic carbocycles. The Kier molecular flexibility index (Phi) is 7.44. The maximum atomic E-state index is 11.9. The van der Waals surface area contributed by atoms with Gasteiger partial charge in [-0.2, -0.15) is 0 Å². The van der Waals surface area contributed by atoms with Crippen LogP contribution in [0, 0.1) is 6.92 Å². The molecule has 6 nitrogen and oxygen atoms in total. The van der Waals surface area contributed by atoms with Gasteiger partial charge in [0.15, 0.2) is 0 Å². The van der Waals surface area contributed by atoms with Crippen molar-refractivity contribution in [1.29, 1.82) is 0 Å². The number of aryl methyl sites for hydroxylation is 1. The zero-order valence-corrected chi connectivity index (χ0v) is 22.8. The molecule has 3 aliphatic rings. The number of carboxylic acid groups (broad SMARTS) is 1. The second-order valence-corrected chi connectivity index (χ2v) is 11.5. The van der Waals surface area contributed by atoms with Crippen molar-refractivity contribution in [2.24, 2.45) is 0 Å². The predicted octanol–water partition coefficient (Wildman–Crippen LogP) is 6.30. The fourth-order valence-electron chi connectivity index (χ4n) is 7.02. The molecule has 1 saturated heterocycles. The zero-order chi connectivity index (χ0) is 26.1. The van der Waals surface area contributed by atoms with E-state index in [0.717, 1.165) is 70.8 Å². The smallest absolute Gasteiger partial charge is 0.335 e. The molecule has 0 spiro atoms. The molecule has 0 unspecified atom stereocenters. The van der Waals surface area contributed by atoms with Gasteiger partial charge in [0.2, 0.25) is 0 Å². The Labute approximate surface area is 226 Å². The third kappa shape index (κ3) is 4.96. The fraction of sp³-hybridized carbons (Fsp3) is 0.531. The number of hydrogen-bond donors (Lipinski definition) is 1. The minimum absolute atomic E-state index is 0.375. The van der Waals surface area contributed by atoms with E-state index >= 15 is 0 Å². The molecular weight excluding hydrogens is 474 g/mol. The Morgan fingerprint density at radius 3 is 2.66 bits per heavy atom. The zero-order valence-electron chi connectivity index (χ0n) is 22.8. The number of aromatic carboxylic acids is 1. The van der Waals surface area contributed by atoms with Gasteiger partial charge >= 0.3 is 5.97 Å². The van der Waals surface area contributed by atoms with Gasteiger partial charge in [-0.15, -0.1) is 0 Å². The van der Waals surface area contributed by atoms with Crippen molar-refractivity contribution in [3.63, 3.8) is 0 Å². The molecule has 2 aliphatic heterocycles. The van der Waals surface area contributed by atoms with E-state index in [1.165, 1.54) is 65.6 Å². The van der Waals surface area contributed by atoms with Crippen molar-refractivity contribution in [2.75, 3.05) is 50.8 Å². The first-order chi connectivity index (χ1) is 18.6. The maximum Gasteiger partial charge on any atom is 0.335 e. The average Bonchev–Trinajstić information content (AvgIpc) is 3.06. The summed E-state index contributed by atoms with van der Waals surface area (Å²) in [6.07, 6.45) is 8.56. The van der Waals surface area contributed by atoms with E-state index in [4.69, 9.17) is 4.74 Å². The largest absolute Gasteiger partial charge is 0.478 e. The van der Waals surface area contributed by atoms with Gasteiger partial charge < -0.3 is 24.2 Å². The van der Waals surface area contributed by atoms with Crippen LogP contribution < -0.4 is 4.90 Å². The van der Waals surface area contributed by atoms with Gasteiger partial charge in [0, 0.05) is 61.5 Å². The van der Waals surface area contributed by atoms with E-state index < -0.39 is 5.97 Å². The summed E-state index contributed by atoms with van der Waals surface area (Å²) in [5.74, 6) is -0.323. The van der Waals surface area contributed by atoms with E-state index in [1.807, 2.05) is 6.07 Å². The third-order valence-electron chi connectivity index (χ3n) is 8.92. The Balaban J connectivity index is 1.40. The molecule has 0 amide bonds. The van der Waals surface area contributed by atoms with Crippen LogP contribution in [0.15, 0.2) is 36.4 Å². The molecule has 1 saturated carbocycles. The van der Waals surface area contributed by atoms with Gasteiger partial charge in [-0.1, -0.05) is 37.5 Å². The van der Waals surface area contributed by atoms with Crippen LogP contribution in [0.2, 0.25) is 0 Å². The Bertz CT molecular complexity index is 1300. The summed E-state index contributed by atoms with van der Waals surface area (Å²) in [6.45, 7) is 10.0. The molecule has 202 valence electrons. The monoisotopic (exact) mass is 515 g/mol. The van der Waals surface area contributed by atoms with Crippen LogP contribution in [0.5, 0.6) is 0 Å². The molecule has 3 heterocycles. The molecule has 2 fully saturated rings. The highest BCUT2D eigenvalue weighted by atomic mass is 16.5. The molecule has 1 N–H and O–H groups in total. The number of carbonyl (C=O) groups is 1. The van der Waals surface area contributed by atoms with Crippen LogP contribution in [0.3, 0.4) is 0 Å². The van der Waals surface area contributed by atoms with Crippen LogP contribution >= 0.6 is 0 Å². The molecule has 1 aromatic heterocycles. The lowest BCUT2D eigenvalue weighted by atomic mass is 9.81. The first-order valence-electron chi connectivity index (χ1n) is 14.7. The second kappa shape index (κ2) is 11.1. The van der Waals surface area contributed by atoms with Crippen molar-refractivity contribution >= 4 is 22.6 Å². The highest BCUT2D eigenvalue weighted by Crippen LogP contribution is 2.47. The summed E-state index contributed by atoms with van der Waals surface area (Å²) in [7, 11) is 0. The van der Waals surface area contributed by atoms with Gasteiger partial charge in [-0.3, -0.25) is 0 Å². The quantitative estimate of drug-likeness (QED) is 0.418. The van der Waals surface area contributed by atoms with Crippen LogP contribution in [0.25, 0.3) is 22.2 Å². The first-order valence-corrected chi connectivity index (χ1v) is 14.7. The number of carboxylic acids is 1. The van der Waals surface area contributed by atoms with E-state index in [9.17, 15) is 9.90 Å². The summed E-state index contributed by atoms with van der Waals surface area (Å²) < 4.78 is 8.10. The Morgan fingerprint density at radius 1 is 0.947 bits per heavy atom. The minimum atomic E-state index is -0.855. The third-order valence-corrected chi connectivity index (χ3v) is 8.92. The van der Waals surface area contributed by atoms with Crippen LogP contribution in [-0.4, -0.2) is 66.5 Å². The highest BCUT2D eigenvalue weighted by molar-refractivity contribution is 5.99. The van der Waals surface area contributed by atoms with Gasteiger partial charge in [0.25, 0.3) is 0 Å². The molecule has 0 radical (unpaired) electrons. The number of benzene rings is 2. The van der Waals surface area contributed by atoms with Crippen molar-refractivity contribution in [3.05, 3.63) is 53.1 Å². The number of nitrogens with zero attached hydrogens (tertiary/aromatic N) is 3. The van der Waals surface area contributed by atoms with Gasteiger partial charge in [0.1, 0.15) is 0 Å². The molecule has 0 bridgehead atoms. The van der Waals surface area contributed by atoms with Crippen LogP contribution in [0.1, 0.15) is 72.3 Å². The molecule has 0 atom stereocenters. The minimum Gasteiger partial charge on any atom is -0.478 e. The number of ether oxygens (including phenoxy) is 1. The summed E-state index contributed by atoms with van der Waals surface area (Å²) in [4.78, 5) is 17.1. The lowest BCUT2D eigenvalue weighted by molar-refractivity contribution is 0.0697. The molecule has 6 rings (SSSR count). The number of aromatic nitrogens is 1. The first kappa shape index (κ1) is 25.4. The molecule has 3 aromatic rings. The number of anilines is 1. The van der Waals surface area contributed by atoms with Crippen molar-refractivity contribution in [1.82, 2.24) is 9.47 Å². The van der Waals surface area contributed by atoms with E-state index in [-0.39, 0.29) is 0 Å². The molecule has 38 heavy (non-hydrogen) atoms. The van der Waals surface area contributed by atoms with Gasteiger partial charge in [-0.25, -0.2) is 4.79 Å². The van der Waals surface area contributed by atoms with E-state index in [0.29, 0.717) is 11.5 Å². The topological polar surface area (TPSA) is 57.9 Å². The normalized spacial score (nSPS) is 19.1. The average molecular weight is 516 g/mol. The Hall–Kier alpha value is -2.83. The van der Waals surface area contributed by atoms with E-state index in [1.54, 1.807) is 6.07 Å². The SMILES string of the molecule is Cc1ccc2c(c1)N(CCCN1CCCOCC1)CCn1c-2c(C2CCCCC2)c2ccc(C(=O)O)cc21. The second-order valence-electron chi connectivity index (χ2n) is 11.5. The number of rotatable bonds is 6. The van der Waals surface area contributed by atoms with Crippen molar-refractivity contribution in [3.8, 4) is 11.3 Å². The Morgan fingerprint density at radius 2 is 1.82 bits per heavy atom.